The van der Waals surface area contributed by atoms with Crippen molar-refractivity contribution in [3.8, 4) is 0 Å². The van der Waals surface area contributed by atoms with E-state index in [1.807, 2.05) is 4.90 Å². The molecule has 0 radical (unpaired) electrons. The van der Waals surface area contributed by atoms with Crippen LogP contribution in [0.2, 0.25) is 0 Å². The van der Waals surface area contributed by atoms with Crippen molar-refractivity contribution in [2.24, 2.45) is 5.92 Å². The van der Waals surface area contributed by atoms with Gasteiger partial charge < -0.3 is 19.3 Å². The lowest BCUT2D eigenvalue weighted by Crippen LogP contribution is -2.59. The highest BCUT2D eigenvalue weighted by Gasteiger charge is 2.39. The van der Waals surface area contributed by atoms with Gasteiger partial charge in [0.1, 0.15) is 6.42 Å². The Morgan fingerprint density at radius 3 is 2.19 bits per heavy atom. The quantitative estimate of drug-likeness (QED) is 0.497. The molecule has 0 aromatic heterocycles. The van der Waals surface area contributed by atoms with Crippen LogP contribution in [-0.2, 0) is 23.9 Å². The molecule has 152 valence electrons. The number of methoxy groups -OCH3 is 1. The van der Waals surface area contributed by atoms with Crippen LogP contribution in [0.4, 0.5) is 0 Å². The van der Waals surface area contributed by atoms with E-state index < -0.39 is 5.97 Å². The number of hydrogen-bond acceptors (Lipinski definition) is 6. The van der Waals surface area contributed by atoms with Gasteiger partial charge in [0, 0.05) is 39.3 Å². The molecule has 8 heteroatoms. The second kappa shape index (κ2) is 9.50. The summed E-state index contributed by atoms with van der Waals surface area (Å²) in [5.74, 6) is -0.0793. The van der Waals surface area contributed by atoms with Crippen molar-refractivity contribution in [2.75, 3.05) is 59.6 Å². The Morgan fingerprint density at radius 1 is 0.963 bits per heavy atom. The number of carbonyl (C=O) groups excluding carboxylic acids is 3. The van der Waals surface area contributed by atoms with Crippen LogP contribution in [0, 0.1) is 5.92 Å². The zero-order valence-electron chi connectivity index (χ0n) is 16.2. The van der Waals surface area contributed by atoms with Gasteiger partial charge in [-0.3, -0.25) is 19.3 Å². The second-order valence-electron chi connectivity index (χ2n) is 7.60. The first kappa shape index (κ1) is 20.1. The SMILES string of the molecule is COC(=O)CC(=O)N1CCN(C(C(=O)N2CCOCC2)C2CCCC2)CC1. The summed E-state index contributed by atoms with van der Waals surface area (Å²) in [4.78, 5) is 42.7. The number of carbonyl (C=O) groups is 3. The fourth-order valence-corrected chi connectivity index (χ4v) is 4.46. The predicted molar refractivity (Wildman–Crippen MR) is 97.9 cm³/mol. The van der Waals surface area contributed by atoms with Gasteiger partial charge in [0.2, 0.25) is 11.8 Å². The van der Waals surface area contributed by atoms with Crippen LogP contribution in [0.3, 0.4) is 0 Å². The molecule has 2 amide bonds. The van der Waals surface area contributed by atoms with Gasteiger partial charge in [0.15, 0.2) is 0 Å². The van der Waals surface area contributed by atoms with Crippen LogP contribution in [-0.4, -0.2) is 98.1 Å². The van der Waals surface area contributed by atoms with Gasteiger partial charge in [-0.05, 0) is 18.8 Å². The molecule has 27 heavy (non-hydrogen) atoms. The van der Waals surface area contributed by atoms with Crippen molar-refractivity contribution in [1.82, 2.24) is 14.7 Å². The van der Waals surface area contributed by atoms with E-state index in [0.717, 1.165) is 12.8 Å². The molecule has 3 fully saturated rings. The topological polar surface area (TPSA) is 79.4 Å². The highest BCUT2D eigenvalue weighted by atomic mass is 16.5. The zero-order chi connectivity index (χ0) is 19.2. The molecular weight excluding hydrogens is 350 g/mol. The van der Waals surface area contributed by atoms with Gasteiger partial charge >= 0.3 is 5.97 Å². The Bertz CT molecular complexity index is 535. The van der Waals surface area contributed by atoms with E-state index in [-0.39, 0.29) is 24.3 Å². The third kappa shape index (κ3) is 4.99. The smallest absolute Gasteiger partial charge is 0.315 e. The summed E-state index contributed by atoms with van der Waals surface area (Å²) in [6.07, 6.45) is 4.37. The van der Waals surface area contributed by atoms with E-state index in [1.54, 1.807) is 4.90 Å². The van der Waals surface area contributed by atoms with Crippen molar-refractivity contribution in [1.29, 1.82) is 0 Å². The number of nitrogens with zero attached hydrogens (tertiary/aromatic N) is 3. The molecule has 1 atom stereocenters. The molecule has 2 heterocycles. The molecule has 0 bridgehead atoms. The number of ether oxygens (including phenoxy) is 2. The Hall–Kier alpha value is -1.67. The molecule has 8 nitrogen and oxygen atoms in total. The number of rotatable bonds is 5. The minimum atomic E-state index is -0.506. The average molecular weight is 381 g/mol. The molecule has 0 spiro atoms. The summed E-state index contributed by atoms with van der Waals surface area (Å²) >= 11 is 0. The molecule has 1 aliphatic carbocycles. The molecule has 1 saturated carbocycles. The first-order valence-electron chi connectivity index (χ1n) is 10.1. The van der Waals surface area contributed by atoms with Crippen molar-refractivity contribution in [3.63, 3.8) is 0 Å². The molecular formula is C19H31N3O5. The van der Waals surface area contributed by atoms with Gasteiger partial charge in [-0.25, -0.2) is 0 Å². The molecule has 1 unspecified atom stereocenters. The van der Waals surface area contributed by atoms with Gasteiger partial charge in [-0.15, -0.1) is 0 Å². The number of amides is 2. The summed E-state index contributed by atoms with van der Waals surface area (Å²) < 4.78 is 9.97. The van der Waals surface area contributed by atoms with Gasteiger partial charge in [0.25, 0.3) is 0 Å². The first-order valence-corrected chi connectivity index (χ1v) is 10.1. The minimum absolute atomic E-state index is 0.0940. The van der Waals surface area contributed by atoms with E-state index in [1.165, 1.54) is 20.0 Å². The highest BCUT2D eigenvalue weighted by molar-refractivity contribution is 5.94. The normalized spacial score (nSPS) is 23.3. The van der Waals surface area contributed by atoms with E-state index in [4.69, 9.17) is 4.74 Å². The summed E-state index contributed by atoms with van der Waals surface area (Å²) in [7, 11) is 1.29. The van der Waals surface area contributed by atoms with Crippen LogP contribution in [0.5, 0.6) is 0 Å². The minimum Gasteiger partial charge on any atom is -0.469 e. The lowest BCUT2D eigenvalue weighted by atomic mass is 9.94. The molecule has 0 aromatic rings. The van der Waals surface area contributed by atoms with Crippen LogP contribution in [0.25, 0.3) is 0 Å². The monoisotopic (exact) mass is 381 g/mol. The maximum absolute atomic E-state index is 13.3. The van der Waals surface area contributed by atoms with E-state index in [2.05, 4.69) is 9.64 Å². The van der Waals surface area contributed by atoms with Gasteiger partial charge in [-0.1, -0.05) is 12.8 Å². The molecule has 3 aliphatic rings. The number of hydrogen-bond donors (Lipinski definition) is 0. The maximum atomic E-state index is 13.3. The third-order valence-electron chi connectivity index (χ3n) is 6.01. The lowest BCUT2D eigenvalue weighted by molar-refractivity contribution is -0.148. The molecule has 3 rings (SSSR count). The fraction of sp³-hybridized carbons (Fsp3) is 0.842. The molecule has 0 aromatic carbocycles. The van der Waals surface area contributed by atoms with Crippen LogP contribution in [0.1, 0.15) is 32.1 Å². The zero-order valence-corrected chi connectivity index (χ0v) is 16.2. The second-order valence-corrected chi connectivity index (χ2v) is 7.60. The number of piperazine rings is 1. The largest absolute Gasteiger partial charge is 0.469 e. The summed E-state index contributed by atoms with van der Waals surface area (Å²) in [6, 6.07) is -0.0940. The van der Waals surface area contributed by atoms with Crippen LogP contribution in [0.15, 0.2) is 0 Å². The predicted octanol–water partition coefficient (Wildman–Crippen LogP) is 0.111. The summed E-state index contributed by atoms with van der Waals surface area (Å²) in [6.45, 7) is 5.00. The number of morpholine rings is 1. The van der Waals surface area contributed by atoms with Crippen molar-refractivity contribution < 1.29 is 23.9 Å². The molecule has 2 saturated heterocycles. The summed E-state index contributed by atoms with van der Waals surface area (Å²) in [5.41, 5.74) is 0. The maximum Gasteiger partial charge on any atom is 0.315 e. The highest BCUT2D eigenvalue weighted by Crippen LogP contribution is 2.32. The van der Waals surface area contributed by atoms with Crippen molar-refractivity contribution in [3.05, 3.63) is 0 Å². The molecule has 0 N–H and O–H groups in total. The first-order chi connectivity index (χ1) is 13.1. The number of esters is 1. The van der Waals surface area contributed by atoms with Crippen molar-refractivity contribution >= 4 is 17.8 Å². The average Bonchev–Trinajstić information content (AvgIpc) is 3.23. The van der Waals surface area contributed by atoms with Crippen LogP contribution < -0.4 is 0 Å². The van der Waals surface area contributed by atoms with E-state index in [0.29, 0.717) is 58.4 Å². The lowest BCUT2D eigenvalue weighted by Gasteiger charge is -2.43. The Labute approximate surface area is 160 Å². The van der Waals surface area contributed by atoms with Gasteiger partial charge in [0.05, 0.1) is 26.4 Å². The van der Waals surface area contributed by atoms with Gasteiger partial charge in [-0.2, -0.15) is 0 Å². The van der Waals surface area contributed by atoms with E-state index in [9.17, 15) is 14.4 Å². The summed E-state index contributed by atoms with van der Waals surface area (Å²) in [5, 5.41) is 0. The Morgan fingerprint density at radius 2 is 1.59 bits per heavy atom. The Balaban J connectivity index is 1.61. The van der Waals surface area contributed by atoms with Crippen molar-refractivity contribution in [2.45, 2.75) is 38.1 Å². The van der Waals surface area contributed by atoms with E-state index >= 15 is 0 Å². The van der Waals surface area contributed by atoms with Crippen LogP contribution >= 0.6 is 0 Å². The molecule has 2 aliphatic heterocycles. The standard InChI is InChI=1S/C19H31N3O5/c1-26-17(24)14-16(23)20-6-8-21(9-7-20)18(15-4-2-3-5-15)19(25)22-10-12-27-13-11-22/h15,18H,2-14H2,1H3. The third-order valence-corrected chi connectivity index (χ3v) is 6.01. The fourth-order valence-electron chi connectivity index (χ4n) is 4.46. The Kier molecular flexibility index (Phi) is 7.07.